The number of rotatable bonds is 7. The Morgan fingerprint density at radius 2 is 1.79 bits per heavy atom. The molecule has 0 aromatic heterocycles. The molecule has 1 fully saturated rings. The minimum Gasteiger partial charge on any atom is -0.326 e. The summed E-state index contributed by atoms with van der Waals surface area (Å²) in [4.78, 5) is 14.7. The van der Waals surface area contributed by atoms with E-state index in [1.54, 1.807) is 0 Å². The summed E-state index contributed by atoms with van der Waals surface area (Å²) in [6.07, 6.45) is 3.44. The van der Waals surface area contributed by atoms with E-state index in [1.165, 1.54) is 0 Å². The summed E-state index contributed by atoms with van der Waals surface area (Å²) in [5, 5.41) is 3.57. The Labute approximate surface area is 119 Å². The molecule has 0 aliphatic carbocycles. The van der Waals surface area contributed by atoms with Gasteiger partial charge in [0.15, 0.2) is 0 Å². The highest BCUT2D eigenvalue weighted by molar-refractivity contribution is 5.84. The van der Waals surface area contributed by atoms with Crippen LogP contribution in [-0.2, 0) is 4.79 Å². The third kappa shape index (κ3) is 4.48. The topological polar surface area (TPSA) is 32.3 Å². The summed E-state index contributed by atoms with van der Waals surface area (Å²) in [6, 6.07) is 0.0286. The second kappa shape index (κ2) is 7.28. The molecule has 1 aliphatic heterocycles. The number of carbonyl (C=O) groups excluding carboxylic acids is 1. The molecule has 3 unspecified atom stereocenters. The quantitative estimate of drug-likeness (QED) is 0.768. The van der Waals surface area contributed by atoms with E-state index < -0.39 is 0 Å². The van der Waals surface area contributed by atoms with Gasteiger partial charge in [0.1, 0.15) is 0 Å². The number of nitrogens with zero attached hydrogens (tertiary/aromatic N) is 1. The molecule has 0 bridgehead atoms. The van der Waals surface area contributed by atoms with Gasteiger partial charge >= 0.3 is 0 Å². The monoisotopic (exact) mass is 268 g/mol. The van der Waals surface area contributed by atoms with E-state index in [0.29, 0.717) is 23.7 Å². The van der Waals surface area contributed by atoms with Gasteiger partial charge in [-0.2, -0.15) is 0 Å². The molecule has 0 radical (unpaired) electrons. The van der Waals surface area contributed by atoms with Crippen molar-refractivity contribution in [1.82, 2.24) is 10.2 Å². The largest absolute Gasteiger partial charge is 0.326 e. The summed E-state index contributed by atoms with van der Waals surface area (Å²) in [6.45, 7) is 14.1. The van der Waals surface area contributed by atoms with Gasteiger partial charge in [-0.1, -0.05) is 48.0 Å². The van der Waals surface area contributed by atoms with E-state index in [0.717, 1.165) is 25.8 Å². The maximum absolute atomic E-state index is 12.6. The van der Waals surface area contributed by atoms with Crippen molar-refractivity contribution in [2.75, 3.05) is 6.54 Å². The van der Waals surface area contributed by atoms with Gasteiger partial charge in [0.05, 0.1) is 12.2 Å². The Kier molecular flexibility index (Phi) is 6.31. The summed E-state index contributed by atoms with van der Waals surface area (Å²) in [7, 11) is 0. The van der Waals surface area contributed by atoms with Crippen molar-refractivity contribution in [1.29, 1.82) is 0 Å². The molecule has 0 aromatic carbocycles. The van der Waals surface area contributed by atoms with Crippen molar-refractivity contribution in [3.05, 3.63) is 0 Å². The fraction of sp³-hybridized carbons (Fsp3) is 0.938. The van der Waals surface area contributed by atoms with Crippen molar-refractivity contribution >= 4 is 5.91 Å². The lowest BCUT2D eigenvalue weighted by atomic mass is 9.99. The average Bonchev–Trinajstić information content (AvgIpc) is 2.62. The van der Waals surface area contributed by atoms with Crippen LogP contribution < -0.4 is 5.32 Å². The molecule has 112 valence electrons. The van der Waals surface area contributed by atoms with Crippen LogP contribution in [0.25, 0.3) is 0 Å². The molecule has 1 saturated heterocycles. The molecule has 19 heavy (non-hydrogen) atoms. The van der Waals surface area contributed by atoms with Crippen LogP contribution in [0, 0.1) is 17.8 Å². The van der Waals surface area contributed by atoms with Gasteiger partial charge < -0.3 is 4.90 Å². The molecule has 1 heterocycles. The van der Waals surface area contributed by atoms with E-state index in [2.05, 4.69) is 51.8 Å². The SMILES string of the molecule is CCC(C)C1NC(CC(C)C)N(CCC(C)C)C1=O. The Morgan fingerprint density at radius 1 is 1.16 bits per heavy atom. The van der Waals surface area contributed by atoms with Crippen LogP contribution in [-0.4, -0.2) is 29.6 Å². The van der Waals surface area contributed by atoms with Crippen LogP contribution >= 0.6 is 0 Å². The number of hydrogen-bond donors (Lipinski definition) is 1. The van der Waals surface area contributed by atoms with Crippen LogP contribution in [0.2, 0.25) is 0 Å². The van der Waals surface area contributed by atoms with Crippen molar-refractivity contribution in [2.45, 2.75) is 73.0 Å². The summed E-state index contributed by atoms with van der Waals surface area (Å²) >= 11 is 0. The van der Waals surface area contributed by atoms with Crippen molar-refractivity contribution in [2.24, 2.45) is 17.8 Å². The lowest BCUT2D eigenvalue weighted by Crippen LogP contribution is -2.39. The number of nitrogens with one attached hydrogen (secondary N) is 1. The zero-order valence-electron chi connectivity index (χ0n) is 13.6. The van der Waals surface area contributed by atoms with E-state index in [4.69, 9.17) is 0 Å². The average molecular weight is 268 g/mol. The molecular weight excluding hydrogens is 236 g/mol. The third-order valence-electron chi connectivity index (χ3n) is 4.15. The lowest BCUT2D eigenvalue weighted by molar-refractivity contribution is -0.131. The maximum atomic E-state index is 12.6. The van der Waals surface area contributed by atoms with Gasteiger partial charge in [-0.05, 0) is 30.6 Å². The number of carbonyl (C=O) groups is 1. The fourth-order valence-electron chi connectivity index (χ4n) is 2.65. The zero-order valence-corrected chi connectivity index (χ0v) is 13.6. The van der Waals surface area contributed by atoms with Crippen LogP contribution in [0.3, 0.4) is 0 Å². The number of amides is 1. The number of hydrogen-bond acceptors (Lipinski definition) is 2. The highest BCUT2D eigenvalue weighted by Crippen LogP contribution is 2.23. The molecule has 0 aromatic rings. The van der Waals surface area contributed by atoms with Crippen LogP contribution in [0.1, 0.15) is 60.8 Å². The molecule has 1 aliphatic rings. The van der Waals surface area contributed by atoms with Gasteiger partial charge in [-0.15, -0.1) is 0 Å². The molecule has 0 spiro atoms. The molecule has 3 atom stereocenters. The Morgan fingerprint density at radius 3 is 2.26 bits per heavy atom. The first-order valence-electron chi connectivity index (χ1n) is 7.93. The second-order valence-corrected chi connectivity index (χ2v) is 6.89. The lowest BCUT2D eigenvalue weighted by Gasteiger charge is -2.26. The first-order valence-corrected chi connectivity index (χ1v) is 7.93. The smallest absolute Gasteiger partial charge is 0.241 e. The van der Waals surface area contributed by atoms with E-state index in [1.807, 2.05) is 0 Å². The molecule has 3 heteroatoms. The van der Waals surface area contributed by atoms with Gasteiger partial charge in [0, 0.05) is 6.54 Å². The van der Waals surface area contributed by atoms with E-state index in [-0.39, 0.29) is 12.2 Å². The highest BCUT2D eigenvalue weighted by Gasteiger charge is 2.40. The normalized spacial score (nSPS) is 25.7. The standard InChI is InChI=1S/C16H32N2O/c1-7-13(6)15-16(19)18(9-8-11(2)3)14(17-15)10-12(4)5/h11-15,17H,7-10H2,1-6H3. The Balaban J connectivity index is 2.73. The summed E-state index contributed by atoms with van der Waals surface area (Å²) in [5.74, 6) is 2.00. The molecule has 1 N–H and O–H groups in total. The Bertz CT molecular complexity index is 288. The summed E-state index contributed by atoms with van der Waals surface area (Å²) in [5.41, 5.74) is 0. The fourth-order valence-corrected chi connectivity index (χ4v) is 2.65. The molecular formula is C16H32N2O. The van der Waals surface area contributed by atoms with E-state index in [9.17, 15) is 4.79 Å². The maximum Gasteiger partial charge on any atom is 0.241 e. The van der Waals surface area contributed by atoms with Crippen molar-refractivity contribution < 1.29 is 4.79 Å². The van der Waals surface area contributed by atoms with Gasteiger partial charge in [0.25, 0.3) is 0 Å². The predicted octanol–water partition coefficient (Wildman–Crippen LogP) is 3.25. The summed E-state index contributed by atoms with van der Waals surface area (Å²) < 4.78 is 0. The van der Waals surface area contributed by atoms with Crippen LogP contribution in [0.15, 0.2) is 0 Å². The third-order valence-corrected chi connectivity index (χ3v) is 4.15. The first-order chi connectivity index (χ1) is 8.86. The molecule has 1 rings (SSSR count). The van der Waals surface area contributed by atoms with Crippen molar-refractivity contribution in [3.8, 4) is 0 Å². The predicted molar refractivity (Wildman–Crippen MR) is 80.8 cm³/mol. The van der Waals surface area contributed by atoms with Gasteiger partial charge in [-0.25, -0.2) is 0 Å². The Hall–Kier alpha value is -0.570. The van der Waals surface area contributed by atoms with Crippen molar-refractivity contribution in [3.63, 3.8) is 0 Å². The molecule has 0 saturated carbocycles. The van der Waals surface area contributed by atoms with Crippen LogP contribution in [0.5, 0.6) is 0 Å². The van der Waals surface area contributed by atoms with Gasteiger partial charge in [-0.3, -0.25) is 10.1 Å². The highest BCUT2D eigenvalue weighted by atomic mass is 16.2. The first kappa shape index (κ1) is 16.5. The zero-order chi connectivity index (χ0) is 14.6. The van der Waals surface area contributed by atoms with Gasteiger partial charge in [0.2, 0.25) is 5.91 Å². The molecule has 1 amide bonds. The minimum absolute atomic E-state index is 0.0286. The second-order valence-electron chi connectivity index (χ2n) is 6.89. The molecule has 3 nitrogen and oxygen atoms in total. The minimum atomic E-state index is 0.0286. The van der Waals surface area contributed by atoms with Crippen LogP contribution in [0.4, 0.5) is 0 Å². The van der Waals surface area contributed by atoms with E-state index >= 15 is 0 Å².